The quantitative estimate of drug-likeness (QED) is 0.823. The van der Waals surface area contributed by atoms with Gasteiger partial charge in [-0.3, -0.25) is 4.79 Å². The molecule has 5 atom stereocenters. The number of aliphatic hydroxyl groups excluding tert-OH is 1. The van der Waals surface area contributed by atoms with Crippen LogP contribution in [-0.4, -0.2) is 23.7 Å². The summed E-state index contributed by atoms with van der Waals surface area (Å²) in [6.45, 7) is 4.10. The summed E-state index contributed by atoms with van der Waals surface area (Å²) in [5.41, 5.74) is 0. The van der Waals surface area contributed by atoms with E-state index in [1.165, 1.54) is 32.1 Å². The summed E-state index contributed by atoms with van der Waals surface area (Å²) in [4.78, 5) is 12.3. The Morgan fingerprint density at radius 1 is 1.16 bits per heavy atom. The molecule has 5 unspecified atom stereocenters. The predicted octanol–water partition coefficient (Wildman–Crippen LogP) is 2.73. The van der Waals surface area contributed by atoms with Crippen molar-refractivity contribution in [2.45, 2.75) is 64.8 Å². The van der Waals surface area contributed by atoms with Gasteiger partial charge in [0, 0.05) is 18.6 Å². The molecule has 1 amide bonds. The zero-order chi connectivity index (χ0) is 13.8. The molecule has 0 spiro atoms. The van der Waals surface area contributed by atoms with Crippen LogP contribution in [0.15, 0.2) is 0 Å². The van der Waals surface area contributed by atoms with Crippen LogP contribution in [0.2, 0.25) is 0 Å². The molecule has 0 radical (unpaired) electrons. The lowest BCUT2D eigenvalue weighted by atomic mass is 9.67. The maximum Gasteiger partial charge on any atom is 0.223 e. The fourth-order valence-corrected chi connectivity index (χ4v) is 3.75. The summed E-state index contributed by atoms with van der Waals surface area (Å²) in [6.07, 6.45) is 8.86. The Hall–Kier alpha value is -0.570. The first kappa shape index (κ1) is 14.8. The molecule has 110 valence electrons. The van der Waals surface area contributed by atoms with E-state index in [1.807, 2.05) is 13.8 Å². The molecule has 3 heteroatoms. The molecule has 2 aliphatic rings. The van der Waals surface area contributed by atoms with Gasteiger partial charge >= 0.3 is 0 Å². The standard InChI is InChI=1S/C16H29NO2/c1-11(10-18)12(2)17-16(19)15-8-7-13-5-3-4-6-14(13)9-15/h11-15,18H,3-10H2,1-2H3,(H,17,19). The van der Waals surface area contributed by atoms with Gasteiger partial charge in [-0.25, -0.2) is 0 Å². The summed E-state index contributed by atoms with van der Waals surface area (Å²) in [5.74, 6) is 2.26. The predicted molar refractivity (Wildman–Crippen MR) is 76.6 cm³/mol. The maximum atomic E-state index is 12.3. The largest absolute Gasteiger partial charge is 0.396 e. The van der Waals surface area contributed by atoms with E-state index >= 15 is 0 Å². The van der Waals surface area contributed by atoms with Gasteiger partial charge in [-0.15, -0.1) is 0 Å². The van der Waals surface area contributed by atoms with Gasteiger partial charge in [-0.1, -0.05) is 32.6 Å². The third-order valence-corrected chi connectivity index (χ3v) is 5.42. The molecule has 19 heavy (non-hydrogen) atoms. The monoisotopic (exact) mass is 267 g/mol. The molecule has 2 rings (SSSR count). The van der Waals surface area contributed by atoms with Gasteiger partial charge in [-0.05, 0) is 43.9 Å². The van der Waals surface area contributed by atoms with Crippen LogP contribution in [0.5, 0.6) is 0 Å². The highest BCUT2D eigenvalue weighted by Gasteiger charge is 2.35. The van der Waals surface area contributed by atoms with Crippen molar-refractivity contribution in [3.8, 4) is 0 Å². The minimum absolute atomic E-state index is 0.0709. The third kappa shape index (κ3) is 3.71. The molecule has 2 N–H and O–H groups in total. The number of rotatable bonds is 4. The Morgan fingerprint density at radius 2 is 1.84 bits per heavy atom. The summed E-state index contributed by atoms with van der Waals surface area (Å²) in [6, 6.07) is 0.0709. The summed E-state index contributed by atoms with van der Waals surface area (Å²) in [5, 5.41) is 12.2. The van der Waals surface area contributed by atoms with E-state index < -0.39 is 0 Å². The van der Waals surface area contributed by atoms with Crippen molar-refractivity contribution >= 4 is 5.91 Å². The van der Waals surface area contributed by atoms with E-state index in [4.69, 9.17) is 5.11 Å². The molecular weight excluding hydrogens is 238 g/mol. The zero-order valence-electron chi connectivity index (χ0n) is 12.4. The Balaban J connectivity index is 1.83. The van der Waals surface area contributed by atoms with E-state index in [0.717, 1.165) is 24.7 Å². The van der Waals surface area contributed by atoms with Crippen LogP contribution in [0.4, 0.5) is 0 Å². The molecule has 0 aliphatic heterocycles. The van der Waals surface area contributed by atoms with Crippen molar-refractivity contribution in [1.29, 1.82) is 0 Å². The normalized spacial score (nSPS) is 34.2. The Labute approximate surface area is 117 Å². The van der Waals surface area contributed by atoms with Crippen LogP contribution in [0, 0.1) is 23.7 Å². The van der Waals surface area contributed by atoms with Crippen LogP contribution in [0.1, 0.15) is 58.8 Å². The average molecular weight is 267 g/mol. The Bertz CT molecular complexity index is 305. The molecule has 2 fully saturated rings. The highest BCUT2D eigenvalue weighted by atomic mass is 16.3. The molecule has 0 aromatic heterocycles. The Morgan fingerprint density at radius 3 is 2.53 bits per heavy atom. The second-order valence-corrected chi connectivity index (χ2v) is 6.77. The fraction of sp³-hybridized carbons (Fsp3) is 0.938. The van der Waals surface area contributed by atoms with Crippen molar-refractivity contribution in [3.63, 3.8) is 0 Å². The van der Waals surface area contributed by atoms with Gasteiger partial charge in [0.05, 0.1) is 0 Å². The van der Waals surface area contributed by atoms with Gasteiger partial charge in [0.15, 0.2) is 0 Å². The van der Waals surface area contributed by atoms with Crippen LogP contribution in [0.25, 0.3) is 0 Å². The smallest absolute Gasteiger partial charge is 0.223 e. The second-order valence-electron chi connectivity index (χ2n) is 6.77. The SMILES string of the molecule is CC(CO)C(C)NC(=O)C1CCC2CCCCC2C1. The molecule has 0 saturated heterocycles. The van der Waals surface area contributed by atoms with E-state index in [9.17, 15) is 4.79 Å². The topological polar surface area (TPSA) is 49.3 Å². The first-order valence-electron chi connectivity index (χ1n) is 8.03. The molecular formula is C16H29NO2. The highest BCUT2D eigenvalue weighted by molar-refractivity contribution is 5.79. The maximum absolute atomic E-state index is 12.3. The van der Waals surface area contributed by atoms with Crippen molar-refractivity contribution in [1.82, 2.24) is 5.32 Å². The van der Waals surface area contributed by atoms with Crippen molar-refractivity contribution in [3.05, 3.63) is 0 Å². The highest BCUT2D eigenvalue weighted by Crippen LogP contribution is 2.42. The Kier molecular flexibility index (Phi) is 5.26. The number of fused-ring (bicyclic) bond motifs is 1. The van der Waals surface area contributed by atoms with Gasteiger partial charge in [0.2, 0.25) is 5.91 Å². The average Bonchev–Trinajstić information content (AvgIpc) is 2.45. The van der Waals surface area contributed by atoms with Gasteiger partial charge < -0.3 is 10.4 Å². The van der Waals surface area contributed by atoms with Gasteiger partial charge in [-0.2, -0.15) is 0 Å². The number of nitrogens with one attached hydrogen (secondary N) is 1. The first-order chi connectivity index (χ1) is 9.11. The van der Waals surface area contributed by atoms with E-state index in [2.05, 4.69) is 5.32 Å². The van der Waals surface area contributed by atoms with Crippen molar-refractivity contribution < 1.29 is 9.90 Å². The summed E-state index contributed by atoms with van der Waals surface area (Å²) in [7, 11) is 0. The van der Waals surface area contributed by atoms with Crippen molar-refractivity contribution in [2.24, 2.45) is 23.7 Å². The number of aliphatic hydroxyl groups is 1. The lowest BCUT2D eigenvalue weighted by Crippen LogP contribution is -2.43. The number of hydrogen-bond acceptors (Lipinski definition) is 2. The minimum atomic E-state index is 0.0709. The van der Waals surface area contributed by atoms with Crippen LogP contribution < -0.4 is 5.32 Å². The molecule has 0 aromatic rings. The molecule has 0 aromatic carbocycles. The lowest BCUT2D eigenvalue weighted by Gasteiger charge is -2.39. The lowest BCUT2D eigenvalue weighted by molar-refractivity contribution is -0.128. The zero-order valence-corrected chi connectivity index (χ0v) is 12.4. The van der Waals surface area contributed by atoms with Crippen LogP contribution in [-0.2, 0) is 4.79 Å². The summed E-state index contributed by atoms with van der Waals surface area (Å²) < 4.78 is 0. The van der Waals surface area contributed by atoms with E-state index in [-0.39, 0.29) is 30.4 Å². The number of carbonyl (C=O) groups is 1. The molecule has 3 nitrogen and oxygen atoms in total. The van der Waals surface area contributed by atoms with E-state index in [0.29, 0.717) is 0 Å². The fourth-order valence-electron chi connectivity index (χ4n) is 3.75. The minimum Gasteiger partial charge on any atom is -0.396 e. The van der Waals surface area contributed by atoms with Gasteiger partial charge in [0.1, 0.15) is 0 Å². The van der Waals surface area contributed by atoms with Crippen LogP contribution in [0.3, 0.4) is 0 Å². The molecule has 0 heterocycles. The number of hydrogen-bond donors (Lipinski definition) is 2. The first-order valence-corrected chi connectivity index (χ1v) is 8.03. The number of amides is 1. The summed E-state index contributed by atoms with van der Waals surface area (Å²) >= 11 is 0. The molecule has 2 aliphatic carbocycles. The molecule has 2 saturated carbocycles. The van der Waals surface area contributed by atoms with Crippen molar-refractivity contribution in [2.75, 3.05) is 6.61 Å². The van der Waals surface area contributed by atoms with Gasteiger partial charge in [0.25, 0.3) is 0 Å². The van der Waals surface area contributed by atoms with E-state index in [1.54, 1.807) is 0 Å². The molecule has 0 bridgehead atoms. The third-order valence-electron chi connectivity index (χ3n) is 5.42. The van der Waals surface area contributed by atoms with Crippen LogP contribution >= 0.6 is 0 Å². The second kappa shape index (κ2) is 6.74. The number of carbonyl (C=O) groups excluding carboxylic acids is 1.